The van der Waals surface area contributed by atoms with E-state index < -0.39 is 0 Å². The van der Waals surface area contributed by atoms with E-state index >= 15 is 0 Å². The monoisotopic (exact) mass is 182 g/mol. The first-order valence-corrected chi connectivity index (χ1v) is 5.30. The van der Waals surface area contributed by atoms with Crippen LogP contribution < -0.4 is 0 Å². The van der Waals surface area contributed by atoms with Crippen molar-refractivity contribution in [1.82, 2.24) is 9.80 Å². The molecule has 3 nitrogen and oxygen atoms in total. The summed E-state index contributed by atoms with van der Waals surface area (Å²) in [6, 6.07) is 0.816. The molecule has 0 amide bonds. The van der Waals surface area contributed by atoms with Crippen LogP contribution in [0.3, 0.4) is 0 Å². The average Bonchev–Trinajstić information content (AvgIpc) is 2.06. The van der Waals surface area contributed by atoms with E-state index in [4.69, 9.17) is 0 Å². The highest BCUT2D eigenvalue weighted by molar-refractivity contribution is 5.51. The van der Waals surface area contributed by atoms with Crippen LogP contribution in [0.1, 0.15) is 19.3 Å². The van der Waals surface area contributed by atoms with Crippen molar-refractivity contribution in [3.63, 3.8) is 0 Å². The van der Waals surface area contributed by atoms with E-state index in [1.165, 1.54) is 32.4 Å². The van der Waals surface area contributed by atoms with Crippen molar-refractivity contribution in [1.29, 1.82) is 0 Å². The number of carbonyl (C=O) groups excluding carboxylic acids is 1. The minimum absolute atomic E-state index is 0.632. The van der Waals surface area contributed by atoms with E-state index in [2.05, 4.69) is 9.80 Å². The summed E-state index contributed by atoms with van der Waals surface area (Å²) >= 11 is 0. The molecule has 0 spiro atoms. The topological polar surface area (TPSA) is 23.6 Å². The molecular formula is C10H18N2O. The highest BCUT2D eigenvalue weighted by Crippen LogP contribution is 2.20. The van der Waals surface area contributed by atoms with Crippen LogP contribution in [0.15, 0.2) is 0 Å². The zero-order chi connectivity index (χ0) is 9.10. The summed E-state index contributed by atoms with van der Waals surface area (Å²) in [5.74, 6) is 0. The lowest BCUT2D eigenvalue weighted by atomic mass is 10.00. The van der Waals surface area contributed by atoms with Gasteiger partial charge in [-0.1, -0.05) is 0 Å². The summed E-state index contributed by atoms with van der Waals surface area (Å²) in [5, 5.41) is 0. The summed E-state index contributed by atoms with van der Waals surface area (Å²) in [4.78, 5) is 15.1. The smallest absolute Gasteiger partial charge is 0.133 e. The van der Waals surface area contributed by atoms with E-state index in [-0.39, 0.29) is 0 Å². The van der Waals surface area contributed by atoms with Gasteiger partial charge >= 0.3 is 0 Å². The summed E-state index contributed by atoms with van der Waals surface area (Å²) in [6.45, 7) is 5.46. The normalized spacial score (nSPS) is 27.1. The standard InChI is InChI=1S/C10H18N2O/c13-9-8-11-6-2-10(3-7-11)12-4-1-5-12/h9-10H,1-8H2. The third kappa shape index (κ3) is 2.09. The van der Waals surface area contributed by atoms with E-state index in [9.17, 15) is 4.79 Å². The van der Waals surface area contributed by atoms with Gasteiger partial charge in [0, 0.05) is 19.1 Å². The van der Waals surface area contributed by atoms with Crippen molar-refractivity contribution < 1.29 is 4.79 Å². The molecule has 0 radical (unpaired) electrons. The fraction of sp³-hybridized carbons (Fsp3) is 0.900. The van der Waals surface area contributed by atoms with Gasteiger partial charge in [-0.25, -0.2) is 0 Å². The molecule has 0 aliphatic carbocycles. The van der Waals surface area contributed by atoms with E-state index in [1.54, 1.807) is 0 Å². The zero-order valence-corrected chi connectivity index (χ0v) is 8.11. The predicted octanol–water partition coefficient (Wildman–Crippen LogP) is 0.355. The van der Waals surface area contributed by atoms with Gasteiger partial charge in [-0.2, -0.15) is 0 Å². The maximum absolute atomic E-state index is 10.3. The first kappa shape index (κ1) is 9.16. The second-order valence-corrected chi connectivity index (χ2v) is 4.09. The molecule has 2 fully saturated rings. The van der Waals surface area contributed by atoms with Crippen molar-refractivity contribution in [2.45, 2.75) is 25.3 Å². The number of likely N-dealkylation sites (tertiary alicyclic amines) is 2. The van der Waals surface area contributed by atoms with E-state index in [0.717, 1.165) is 25.4 Å². The molecule has 0 aromatic rings. The lowest BCUT2D eigenvalue weighted by molar-refractivity contribution is -0.109. The fourth-order valence-electron chi connectivity index (χ4n) is 2.28. The Morgan fingerprint density at radius 2 is 1.85 bits per heavy atom. The Hall–Kier alpha value is -0.410. The molecule has 2 rings (SSSR count). The SMILES string of the molecule is O=CCN1CCC(N2CCC2)CC1. The minimum atomic E-state index is 0.632. The third-order valence-electron chi connectivity index (χ3n) is 3.30. The molecule has 0 aromatic carbocycles. The Morgan fingerprint density at radius 1 is 1.15 bits per heavy atom. The number of piperidine rings is 1. The number of hydrogen-bond donors (Lipinski definition) is 0. The number of hydrogen-bond acceptors (Lipinski definition) is 3. The lowest BCUT2D eigenvalue weighted by Crippen LogP contribution is -2.50. The molecule has 2 aliphatic rings. The van der Waals surface area contributed by atoms with Crippen LogP contribution in [0.4, 0.5) is 0 Å². The molecular weight excluding hydrogens is 164 g/mol. The lowest BCUT2D eigenvalue weighted by Gasteiger charge is -2.42. The largest absolute Gasteiger partial charge is 0.302 e. The molecule has 0 atom stereocenters. The van der Waals surface area contributed by atoms with Gasteiger partial charge in [-0.05, 0) is 32.4 Å². The number of nitrogens with zero attached hydrogens (tertiary/aromatic N) is 2. The molecule has 0 bridgehead atoms. The van der Waals surface area contributed by atoms with Gasteiger partial charge in [0.1, 0.15) is 6.29 Å². The number of carbonyl (C=O) groups is 1. The molecule has 2 saturated heterocycles. The quantitative estimate of drug-likeness (QED) is 0.589. The van der Waals surface area contributed by atoms with E-state index in [1.807, 2.05) is 0 Å². The summed E-state index contributed by atoms with van der Waals surface area (Å²) in [6.07, 6.45) is 4.92. The Bertz CT molecular complexity index is 172. The van der Waals surface area contributed by atoms with Crippen molar-refractivity contribution in [2.24, 2.45) is 0 Å². The van der Waals surface area contributed by atoms with Gasteiger partial charge in [-0.15, -0.1) is 0 Å². The van der Waals surface area contributed by atoms with Crippen molar-refractivity contribution in [3.05, 3.63) is 0 Å². The van der Waals surface area contributed by atoms with Crippen LogP contribution in [0.25, 0.3) is 0 Å². The first-order chi connectivity index (χ1) is 6.40. The third-order valence-corrected chi connectivity index (χ3v) is 3.30. The van der Waals surface area contributed by atoms with Crippen LogP contribution >= 0.6 is 0 Å². The van der Waals surface area contributed by atoms with E-state index in [0.29, 0.717) is 6.54 Å². The fourth-order valence-corrected chi connectivity index (χ4v) is 2.28. The first-order valence-electron chi connectivity index (χ1n) is 5.30. The van der Waals surface area contributed by atoms with Gasteiger partial charge < -0.3 is 9.69 Å². The van der Waals surface area contributed by atoms with Crippen LogP contribution in [-0.4, -0.2) is 54.9 Å². The van der Waals surface area contributed by atoms with Gasteiger partial charge in [0.05, 0.1) is 6.54 Å². The molecule has 2 aliphatic heterocycles. The van der Waals surface area contributed by atoms with Crippen molar-refractivity contribution in [2.75, 3.05) is 32.7 Å². The number of aldehydes is 1. The van der Waals surface area contributed by atoms with Gasteiger partial charge in [0.15, 0.2) is 0 Å². The predicted molar refractivity (Wildman–Crippen MR) is 51.7 cm³/mol. The molecule has 3 heteroatoms. The molecule has 13 heavy (non-hydrogen) atoms. The Labute approximate surface area is 79.7 Å². The highest BCUT2D eigenvalue weighted by atomic mass is 16.1. The maximum atomic E-state index is 10.3. The molecule has 0 N–H and O–H groups in total. The summed E-state index contributed by atoms with van der Waals surface area (Å²) in [5.41, 5.74) is 0. The van der Waals surface area contributed by atoms with Crippen LogP contribution in [0.2, 0.25) is 0 Å². The van der Waals surface area contributed by atoms with Crippen molar-refractivity contribution in [3.8, 4) is 0 Å². The Kier molecular flexibility index (Phi) is 2.96. The number of rotatable bonds is 3. The van der Waals surface area contributed by atoms with Crippen LogP contribution in [-0.2, 0) is 4.79 Å². The van der Waals surface area contributed by atoms with Gasteiger partial charge in [0.25, 0.3) is 0 Å². The van der Waals surface area contributed by atoms with Crippen molar-refractivity contribution >= 4 is 6.29 Å². The van der Waals surface area contributed by atoms with Gasteiger partial charge in [0.2, 0.25) is 0 Å². The Morgan fingerprint density at radius 3 is 2.31 bits per heavy atom. The summed E-state index contributed by atoms with van der Waals surface area (Å²) < 4.78 is 0. The second-order valence-electron chi connectivity index (χ2n) is 4.09. The van der Waals surface area contributed by atoms with Gasteiger partial charge in [-0.3, -0.25) is 4.90 Å². The molecule has 0 aromatic heterocycles. The zero-order valence-electron chi connectivity index (χ0n) is 8.11. The maximum Gasteiger partial charge on any atom is 0.133 e. The average molecular weight is 182 g/mol. The molecule has 2 heterocycles. The molecule has 0 saturated carbocycles. The molecule has 0 unspecified atom stereocenters. The van der Waals surface area contributed by atoms with Crippen LogP contribution in [0.5, 0.6) is 0 Å². The molecule has 74 valence electrons. The highest BCUT2D eigenvalue weighted by Gasteiger charge is 2.27. The second kappa shape index (κ2) is 4.20. The minimum Gasteiger partial charge on any atom is -0.302 e. The summed E-state index contributed by atoms with van der Waals surface area (Å²) in [7, 11) is 0. The Balaban J connectivity index is 1.72. The van der Waals surface area contributed by atoms with Crippen LogP contribution in [0, 0.1) is 0 Å².